The van der Waals surface area contributed by atoms with Crippen LogP contribution in [0.3, 0.4) is 0 Å². The molecule has 0 N–H and O–H groups in total. The molecule has 0 saturated carbocycles. The van der Waals surface area contributed by atoms with Crippen LogP contribution in [0, 0.1) is 33.4 Å². The molecule has 1 fully saturated rings. The van der Waals surface area contributed by atoms with E-state index in [4.69, 9.17) is 13.6 Å². The van der Waals surface area contributed by atoms with Gasteiger partial charge in [0.1, 0.15) is 11.9 Å². The second-order valence-corrected chi connectivity index (χ2v) is 6.93. The van der Waals surface area contributed by atoms with E-state index in [1.807, 2.05) is 0 Å². The van der Waals surface area contributed by atoms with E-state index in [1.54, 1.807) is 0 Å². The lowest BCUT2D eigenvalue weighted by Gasteiger charge is -2.29. The van der Waals surface area contributed by atoms with E-state index in [9.17, 15) is 32.2 Å². The summed E-state index contributed by atoms with van der Waals surface area (Å²) in [7, 11) is -4.41. The maximum atomic E-state index is 13.9. The van der Waals surface area contributed by atoms with Crippen molar-refractivity contribution in [1.29, 1.82) is 0 Å². The van der Waals surface area contributed by atoms with Crippen molar-refractivity contribution in [2.75, 3.05) is 6.61 Å². The second-order valence-electron chi connectivity index (χ2n) is 5.39. The SMILES string of the molecule is O=[N+]([O-])c1ccc(O[P@]2(=O)OCC[C@@H](c3c(F)c(F)cc(F)c3F)O2)cc1. The largest absolute Gasteiger partial charge is 0.530 e. The lowest BCUT2D eigenvalue weighted by atomic mass is 10.0. The van der Waals surface area contributed by atoms with Gasteiger partial charge in [0.15, 0.2) is 23.3 Å². The van der Waals surface area contributed by atoms with Crippen LogP contribution >= 0.6 is 7.82 Å². The zero-order valence-electron chi connectivity index (χ0n) is 13.2. The van der Waals surface area contributed by atoms with Crippen LogP contribution in [0.2, 0.25) is 0 Å². The van der Waals surface area contributed by atoms with Gasteiger partial charge in [-0.25, -0.2) is 22.1 Å². The van der Waals surface area contributed by atoms with Gasteiger partial charge in [-0.15, -0.1) is 0 Å². The van der Waals surface area contributed by atoms with E-state index in [-0.39, 0.29) is 30.5 Å². The van der Waals surface area contributed by atoms with E-state index in [0.717, 1.165) is 24.3 Å². The number of benzene rings is 2. The van der Waals surface area contributed by atoms with Gasteiger partial charge in [0, 0.05) is 24.6 Å². The Balaban J connectivity index is 1.85. The summed E-state index contributed by atoms with van der Waals surface area (Å²) in [5.74, 6) is -6.77. The Kier molecular flexibility index (Phi) is 5.18. The minimum atomic E-state index is -4.41. The molecule has 1 aliphatic heterocycles. The van der Waals surface area contributed by atoms with Crippen molar-refractivity contribution < 1.29 is 40.6 Å². The van der Waals surface area contributed by atoms with Crippen LogP contribution < -0.4 is 4.52 Å². The number of halogens is 4. The predicted molar refractivity (Wildman–Crippen MR) is 82.0 cm³/mol. The second kappa shape index (κ2) is 7.26. The summed E-state index contributed by atoms with van der Waals surface area (Å²) in [5.41, 5.74) is -1.33. The number of non-ortho nitro benzene ring substituents is 1. The molecule has 1 saturated heterocycles. The fraction of sp³-hybridized carbons (Fsp3) is 0.200. The number of phosphoric acid groups is 1. The van der Waals surface area contributed by atoms with Crippen LogP contribution in [-0.4, -0.2) is 11.5 Å². The molecule has 0 unspecified atom stereocenters. The molecule has 2 atom stereocenters. The first-order valence-corrected chi connectivity index (χ1v) is 8.86. The summed E-state index contributed by atoms with van der Waals surface area (Å²) in [4.78, 5) is 9.95. The molecule has 2 aromatic carbocycles. The lowest BCUT2D eigenvalue weighted by Crippen LogP contribution is -2.19. The van der Waals surface area contributed by atoms with Gasteiger partial charge in [-0.3, -0.25) is 19.2 Å². The number of rotatable bonds is 4. The molecule has 3 rings (SSSR count). The normalized spacial score (nSPS) is 22.4. The molecule has 27 heavy (non-hydrogen) atoms. The highest BCUT2D eigenvalue weighted by molar-refractivity contribution is 7.49. The van der Waals surface area contributed by atoms with Crippen LogP contribution in [-0.2, 0) is 13.6 Å². The molecule has 0 aliphatic carbocycles. The van der Waals surface area contributed by atoms with E-state index in [0.29, 0.717) is 0 Å². The van der Waals surface area contributed by atoms with Gasteiger partial charge in [0.05, 0.1) is 17.1 Å². The van der Waals surface area contributed by atoms with Crippen molar-refractivity contribution in [2.24, 2.45) is 0 Å². The highest BCUT2D eigenvalue weighted by atomic mass is 31.2. The maximum absolute atomic E-state index is 13.9. The first-order valence-electron chi connectivity index (χ1n) is 7.40. The monoisotopic (exact) mass is 407 g/mol. The Morgan fingerprint density at radius 2 is 1.70 bits per heavy atom. The van der Waals surface area contributed by atoms with Crippen molar-refractivity contribution in [3.8, 4) is 5.75 Å². The zero-order chi connectivity index (χ0) is 19.8. The lowest BCUT2D eigenvalue weighted by molar-refractivity contribution is -0.384. The molecule has 1 aliphatic rings. The molecule has 144 valence electrons. The van der Waals surface area contributed by atoms with E-state index >= 15 is 0 Å². The van der Waals surface area contributed by atoms with Crippen molar-refractivity contribution in [3.05, 3.63) is 69.3 Å². The van der Waals surface area contributed by atoms with Gasteiger partial charge in [-0.2, -0.15) is 0 Å². The molecule has 7 nitrogen and oxygen atoms in total. The fourth-order valence-corrected chi connectivity index (χ4v) is 3.78. The molecule has 1 heterocycles. The Morgan fingerprint density at radius 3 is 2.26 bits per heavy atom. The number of nitro benzene ring substituents is 1. The number of phosphoric ester groups is 1. The molecular formula is C15H10F4NO6P. The van der Waals surface area contributed by atoms with Crippen molar-refractivity contribution in [1.82, 2.24) is 0 Å². The molecule has 0 spiro atoms. The maximum Gasteiger partial charge on any atom is 0.530 e. The summed E-state index contributed by atoms with van der Waals surface area (Å²) in [6, 6.07) is 4.38. The van der Waals surface area contributed by atoms with Gasteiger partial charge >= 0.3 is 7.82 Å². The summed E-state index contributed by atoms with van der Waals surface area (Å²) in [5, 5.41) is 10.6. The number of nitro groups is 1. The highest BCUT2D eigenvalue weighted by Gasteiger charge is 2.40. The number of nitrogens with zero attached hydrogens (tertiary/aromatic N) is 1. The number of hydrogen-bond donors (Lipinski definition) is 0. The van der Waals surface area contributed by atoms with Crippen LogP contribution in [0.5, 0.6) is 5.75 Å². The zero-order valence-corrected chi connectivity index (χ0v) is 14.1. The molecule has 2 aromatic rings. The van der Waals surface area contributed by atoms with E-state index in [2.05, 4.69) is 0 Å². The molecular weight excluding hydrogens is 397 g/mol. The molecule has 12 heteroatoms. The smallest absolute Gasteiger partial charge is 0.404 e. The van der Waals surface area contributed by atoms with Crippen molar-refractivity contribution in [2.45, 2.75) is 12.5 Å². The van der Waals surface area contributed by atoms with Crippen LogP contribution in [0.1, 0.15) is 18.1 Å². The molecule has 0 aromatic heterocycles. The van der Waals surface area contributed by atoms with E-state index in [1.165, 1.54) is 0 Å². The van der Waals surface area contributed by atoms with Crippen molar-refractivity contribution >= 4 is 13.5 Å². The third-order valence-electron chi connectivity index (χ3n) is 3.62. The number of hydrogen-bond acceptors (Lipinski definition) is 6. The van der Waals surface area contributed by atoms with Gasteiger partial charge in [0.2, 0.25) is 0 Å². The fourth-order valence-electron chi connectivity index (χ4n) is 2.39. The average Bonchev–Trinajstić information content (AvgIpc) is 2.60. The Bertz CT molecular complexity index is 913. The third-order valence-corrected chi connectivity index (χ3v) is 5.06. The molecule has 0 radical (unpaired) electrons. The first-order chi connectivity index (χ1) is 12.7. The minimum absolute atomic E-state index is 0.0421. The Labute approximate surface area is 149 Å². The van der Waals surface area contributed by atoms with E-state index < -0.39 is 47.7 Å². The van der Waals surface area contributed by atoms with Crippen molar-refractivity contribution in [3.63, 3.8) is 0 Å². The quantitative estimate of drug-likeness (QED) is 0.238. The average molecular weight is 407 g/mol. The van der Waals surface area contributed by atoms with Crippen LogP contribution in [0.15, 0.2) is 30.3 Å². The Morgan fingerprint density at radius 1 is 1.11 bits per heavy atom. The van der Waals surface area contributed by atoms with Gasteiger partial charge in [-0.1, -0.05) is 0 Å². The summed E-state index contributed by atoms with van der Waals surface area (Å²) in [6.45, 7) is -0.341. The summed E-state index contributed by atoms with van der Waals surface area (Å²) in [6.07, 6.45) is -1.88. The first kappa shape index (κ1) is 19.3. The van der Waals surface area contributed by atoms with Crippen LogP contribution in [0.25, 0.3) is 0 Å². The minimum Gasteiger partial charge on any atom is -0.404 e. The van der Waals surface area contributed by atoms with Crippen LogP contribution in [0.4, 0.5) is 23.2 Å². The van der Waals surface area contributed by atoms with Gasteiger partial charge < -0.3 is 4.52 Å². The topological polar surface area (TPSA) is 87.9 Å². The molecule has 0 amide bonds. The summed E-state index contributed by atoms with van der Waals surface area (Å²) >= 11 is 0. The van der Waals surface area contributed by atoms with Gasteiger partial charge in [0.25, 0.3) is 5.69 Å². The standard InChI is InChI=1S/C15H10F4NO6P/c16-10-7-11(17)15(19)13(14(10)18)12-5-6-24-27(23,26-12)25-9-3-1-8(2-4-9)20(21)22/h1-4,7,12H,5-6H2/t12-,27-/m0/s1. The van der Waals surface area contributed by atoms with Gasteiger partial charge in [-0.05, 0) is 12.1 Å². The highest BCUT2D eigenvalue weighted by Crippen LogP contribution is 2.57. The predicted octanol–water partition coefficient (Wildman–Crippen LogP) is 4.82. The Hall–Kier alpha value is -2.49. The molecule has 0 bridgehead atoms. The summed E-state index contributed by atoms with van der Waals surface area (Å²) < 4.78 is 82.1. The third kappa shape index (κ3) is 3.95.